The predicted octanol–water partition coefficient (Wildman–Crippen LogP) is 3.76. The Kier molecular flexibility index (Phi) is 4.39. The van der Waals surface area contributed by atoms with Crippen LogP contribution in [0.15, 0.2) is 22.7 Å². The van der Waals surface area contributed by atoms with Crippen LogP contribution in [0.4, 0.5) is 0 Å². The second-order valence-electron chi connectivity index (χ2n) is 4.08. The van der Waals surface area contributed by atoms with Crippen LogP contribution < -0.4 is 10.5 Å². The van der Waals surface area contributed by atoms with Gasteiger partial charge in [-0.25, -0.2) is 0 Å². The SMILES string of the molecule is Cc1nnc(Oc2cc(Br)ccc2Cl)c(CN)c1C. The van der Waals surface area contributed by atoms with E-state index in [4.69, 9.17) is 22.1 Å². The maximum atomic E-state index is 6.09. The summed E-state index contributed by atoms with van der Waals surface area (Å²) in [6, 6.07) is 5.36. The minimum absolute atomic E-state index is 0.336. The molecule has 1 heterocycles. The third-order valence-electron chi connectivity index (χ3n) is 2.85. The molecule has 0 amide bonds. The van der Waals surface area contributed by atoms with Gasteiger partial charge in [0.25, 0.3) is 0 Å². The fourth-order valence-corrected chi connectivity index (χ4v) is 2.11. The monoisotopic (exact) mass is 341 g/mol. The Balaban J connectivity index is 2.43. The Morgan fingerprint density at radius 3 is 2.74 bits per heavy atom. The average molecular weight is 343 g/mol. The number of hydrogen-bond acceptors (Lipinski definition) is 4. The first-order chi connectivity index (χ1) is 9.02. The highest BCUT2D eigenvalue weighted by molar-refractivity contribution is 9.10. The van der Waals surface area contributed by atoms with Crippen molar-refractivity contribution < 1.29 is 4.74 Å². The van der Waals surface area contributed by atoms with E-state index >= 15 is 0 Å². The van der Waals surface area contributed by atoms with Crippen LogP contribution in [-0.2, 0) is 6.54 Å². The topological polar surface area (TPSA) is 61.0 Å². The highest BCUT2D eigenvalue weighted by Crippen LogP contribution is 2.33. The van der Waals surface area contributed by atoms with Gasteiger partial charge < -0.3 is 10.5 Å². The van der Waals surface area contributed by atoms with Crippen molar-refractivity contribution in [3.63, 3.8) is 0 Å². The normalized spacial score (nSPS) is 10.6. The molecule has 0 fully saturated rings. The molecule has 0 saturated carbocycles. The summed E-state index contributed by atoms with van der Waals surface area (Å²) in [5.74, 6) is 0.911. The number of aromatic nitrogens is 2. The number of nitrogens with zero attached hydrogens (tertiary/aromatic N) is 2. The van der Waals surface area contributed by atoms with E-state index in [2.05, 4.69) is 26.1 Å². The molecule has 6 heteroatoms. The van der Waals surface area contributed by atoms with E-state index in [9.17, 15) is 0 Å². The number of nitrogens with two attached hydrogens (primary N) is 1. The summed E-state index contributed by atoms with van der Waals surface area (Å²) in [6.07, 6.45) is 0. The Labute approximate surface area is 125 Å². The number of rotatable bonds is 3. The van der Waals surface area contributed by atoms with Crippen molar-refractivity contribution in [1.29, 1.82) is 0 Å². The third-order valence-corrected chi connectivity index (χ3v) is 3.65. The lowest BCUT2D eigenvalue weighted by atomic mass is 10.1. The minimum Gasteiger partial charge on any atom is -0.436 e. The van der Waals surface area contributed by atoms with E-state index < -0.39 is 0 Å². The van der Waals surface area contributed by atoms with Crippen molar-refractivity contribution in [2.75, 3.05) is 0 Å². The van der Waals surface area contributed by atoms with Gasteiger partial charge in [-0.2, -0.15) is 5.10 Å². The van der Waals surface area contributed by atoms with Crippen molar-refractivity contribution >= 4 is 27.5 Å². The Morgan fingerprint density at radius 1 is 1.32 bits per heavy atom. The lowest BCUT2D eigenvalue weighted by Gasteiger charge is -2.12. The summed E-state index contributed by atoms with van der Waals surface area (Å²) in [6.45, 7) is 4.17. The molecule has 4 nitrogen and oxygen atoms in total. The molecule has 0 aliphatic rings. The molecule has 2 N–H and O–H groups in total. The summed E-state index contributed by atoms with van der Waals surface area (Å²) in [5, 5.41) is 8.61. The number of benzene rings is 1. The zero-order chi connectivity index (χ0) is 14.0. The van der Waals surface area contributed by atoms with Gasteiger partial charge in [-0.15, -0.1) is 5.10 Å². The van der Waals surface area contributed by atoms with Gasteiger partial charge in [-0.05, 0) is 37.6 Å². The number of ether oxygens (including phenoxy) is 1. The maximum Gasteiger partial charge on any atom is 0.243 e. The molecule has 19 heavy (non-hydrogen) atoms. The van der Waals surface area contributed by atoms with Crippen LogP contribution in [0.5, 0.6) is 11.6 Å². The summed E-state index contributed by atoms with van der Waals surface area (Å²) in [4.78, 5) is 0. The highest BCUT2D eigenvalue weighted by atomic mass is 79.9. The van der Waals surface area contributed by atoms with E-state index in [1.807, 2.05) is 19.9 Å². The summed E-state index contributed by atoms with van der Waals surface area (Å²) >= 11 is 9.46. The first kappa shape index (κ1) is 14.2. The van der Waals surface area contributed by atoms with Gasteiger partial charge in [0, 0.05) is 16.6 Å². The zero-order valence-corrected chi connectivity index (χ0v) is 12.9. The molecule has 0 unspecified atom stereocenters. The van der Waals surface area contributed by atoms with Crippen LogP contribution >= 0.6 is 27.5 Å². The van der Waals surface area contributed by atoms with Gasteiger partial charge in [-0.1, -0.05) is 27.5 Å². The molecular weight excluding hydrogens is 330 g/mol. The van der Waals surface area contributed by atoms with Crippen molar-refractivity contribution in [3.8, 4) is 11.6 Å². The number of hydrogen-bond donors (Lipinski definition) is 1. The second-order valence-corrected chi connectivity index (χ2v) is 5.40. The van der Waals surface area contributed by atoms with Crippen LogP contribution in [0.1, 0.15) is 16.8 Å². The van der Waals surface area contributed by atoms with Crippen molar-refractivity contribution in [2.45, 2.75) is 20.4 Å². The molecular formula is C13H13BrClN3O. The molecule has 1 aromatic carbocycles. The Bertz CT molecular complexity index is 619. The van der Waals surface area contributed by atoms with Crippen molar-refractivity contribution in [2.24, 2.45) is 5.73 Å². The van der Waals surface area contributed by atoms with Gasteiger partial charge in [0.05, 0.1) is 10.7 Å². The molecule has 0 aliphatic carbocycles. The van der Waals surface area contributed by atoms with Crippen molar-refractivity contribution in [1.82, 2.24) is 10.2 Å². The number of halogens is 2. The second kappa shape index (κ2) is 5.86. The highest BCUT2D eigenvalue weighted by Gasteiger charge is 2.13. The van der Waals surface area contributed by atoms with Crippen LogP contribution in [0.3, 0.4) is 0 Å². The van der Waals surface area contributed by atoms with Crippen molar-refractivity contribution in [3.05, 3.63) is 44.5 Å². The Morgan fingerprint density at radius 2 is 2.05 bits per heavy atom. The lowest BCUT2D eigenvalue weighted by molar-refractivity contribution is 0.446. The molecule has 2 rings (SSSR count). The standard InChI is InChI=1S/C13H13BrClN3O/c1-7-8(2)17-18-13(10(7)6-16)19-12-5-9(14)3-4-11(12)15/h3-5H,6,16H2,1-2H3. The molecule has 2 aromatic rings. The smallest absolute Gasteiger partial charge is 0.243 e. The Hall–Kier alpha value is -1.17. The van der Waals surface area contributed by atoms with E-state index in [1.54, 1.807) is 12.1 Å². The zero-order valence-electron chi connectivity index (χ0n) is 10.6. The predicted molar refractivity (Wildman–Crippen MR) is 78.6 cm³/mol. The minimum atomic E-state index is 0.336. The third kappa shape index (κ3) is 3.05. The lowest BCUT2D eigenvalue weighted by Crippen LogP contribution is -2.07. The molecule has 0 atom stereocenters. The van der Waals surface area contributed by atoms with E-state index in [1.165, 1.54) is 0 Å². The molecule has 100 valence electrons. The van der Waals surface area contributed by atoms with Gasteiger partial charge in [0.15, 0.2) is 0 Å². The number of aryl methyl sites for hydroxylation is 1. The van der Waals surface area contributed by atoms with E-state index in [-0.39, 0.29) is 0 Å². The van der Waals surface area contributed by atoms with Crippen LogP contribution in [-0.4, -0.2) is 10.2 Å². The summed E-state index contributed by atoms with van der Waals surface area (Å²) in [5.41, 5.74) is 8.41. The van der Waals surface area contributed by atoms with E-state index in [0.717, 1.165) is 21.3 Å². The van der Waals surface area contributed by atoms with Crippen LogP contribution in [0, 0.1) is 13.8 Å². The average Bonchev–Trinajstić information content (AvgIpc) is 2.38. The quantitative estimate of drug-likeness (QED) is 0.922. The molecule has 1 aromatic heterocycles. The van der Waals surface area contributed by atoms with Gasteiger partial charge in [0.1, 0.15) is 5.75 Å². The van der Waals surface area contributed by atoms with Gasteiger partial charge in [0.2, 0.25) is 5.88 Å². The maximum absolute atomic E-state index is 6.09. The molecule has 0 aliphatic heterocycles. The van der Waals surface area contributed by atoms with Crippen LogP contribution in [0.25, 0.3) is 0 Å². The molecule has 0 bridgehead atoms. The summed E-state index contributed by atoms with van der Waals surface area (Å²) < 4.78 is 6.61. The first-order valence-electron chi connectivity index (χ1n) is 5.68. The fourth-order valence-electron chi connectivity index (χ4n) is 1.62. The molecule has 0 radical (unpaired) electrons. The molecule has 0 saturated heterocycles. The van der Waals surface area contributed by atoms with Crippen LogP contribution in [0.2, 0.25) is 5.02 Å². The molecule has 0 spiro atoms. The van der Waals surface area contributed by atoms with Gasteiger partial charge >= 0.3 is 0 Å². The largest absolute Gasteiger partial charge is 0.436 e. The summed E-state index contributed by atoms with van der Waals surface area (Å²) in [7, 11) is 0. The first-order valence-corrected chi connectivity index (χ1v) is 6.85. The fraction of sp³-hybridized carbons (Fsp3) is 0.231. The van der Waals surface area contributed by atoms with Gasteiger partial charge in [-0.3, -0.25) is 0 Å². The van der Waals surface area contributed by atoms with E-state index in [0.29, 0.717) is 23.2 Å².